The summed E-state index contributed by atoms with van der Waals surface area (Å²) in [5, 5.41) is 6.27. The number of nitrogens with one attached hydrogen (secondary N) is 2. The molecule has 0 atom stereocenters. The van der Waals surface area contributed by atoms with E-state index in [9.17, 15) is 9.59 Å². The van der Waals surface area contributed by atoms with Gasteiger partial charge in [0.1, 0.15) is 11.6 Å². The largest absolute Gasteiger partial charge is 0.356 e. The van der Waals surface area contributed by atoms with Gasteiger partial charge in [0, 0.05) is 98.0 Å². The average Bonchev–Trinajstić information content (AvgIpc) is 3.17. The Labute approximate surface area is 291 Å². The fraction of sp³-hybridized carbons (Fsp3) is 0.275. The Bertz CT molecular complexity index is 1910. The molecular formula is C40H40FN7O2. The van der Waals surface area contributed by atoms with E-state index in [2.05, 4.69) is 42.5 Å². The summed E-state index contributed by atoms with van der Waals surface area (Å²) in [7, 11) is 0. The van der Waals surface area contributed by atoms with Crippen LogP contribution in [-0.4, -0.2) is 69.9 Å². The normalized spacial score (nSPS) is 15.8. The zero-order chi connectivity index (χ0) is 34.3. The minimum absolute atomic E-state index is 0.0378. The highest BCUT2D eigenvalue weighted by Gasteiger charge is 2.25. The predicted molar refractivity (Wildman–Crippen MR) is 192 cm³/mol. The predicted octanol–water partition coefficient (Wildman–Crippen LogP) is 6.14. The van der Waals surface area contributed by atoms with Crippen molar-refractivity contribution in [2.45, 2.75) is 44.3 Å². The monoisotopic (exact) mass is 669 g/mol. The number of halogens is 1. The van der Waals surface area contributed by atoms with Crippen LogP contribution in [0.4, 0.5) is 10.2 Å². The van der Waals surface area contributed by atoms with Gasteiger partial charge in [0.2, 0.25) is 0 Å². The van der Waals surface area contributed by atoms with Crippen LogP contribution in [-0.2, 0) is 6.54 Å². The lowest BCUT2D eigenvalue weighted by atomic mass is 10.0. The maximum atomic E-state index is 15.3. The van der Waals surface area contributed by atoms with Crippen molar-refractivity contribution in [2.75, 3.05) is 31.1 Å². The molecule has 0 unspecified atom stereocenters. The van der Waals surface area contributed by atoms with Gasteiger partial charge in [-0.25, -0.2) is 9.37 Å². The quantitative estimate of drug-likeness (QED) is 0.195. The zero-order valence-electron chi connectivity index (χ0n) is 27.8. The maximum Gasteiger partial charge on any atom is 0.254 e. The number of amides is 2. The molecule has 5 aromatic rings. The number of rotatable bonds is 9. The minimum Gasteiger partial charge on any atom is -0.356 e. The number of hydrogen-bond acceptors (Lipinski definition) is 7. The number of anilines is 1. The number of nitrogens with zero attached hydrogens (tertiary/aromatic N) is 5. The fourth-order valence-electron chi connectivity index (χ4n) is 6.80. The van der Waals surface area contributed by atoms with Crippen molar-refractivity contribution < 1.29 is 14.0 Å². The van der Waals surface area contributed by atoms with Gasteiger partial charge >= 0.3 is 0 Å². The van der Waals surface area contributed by atoms with Crippen LogP contribution < -0.4 is 15.5 Å². The van der Waals surface area contributed by atoms with E-state index in [0.29, 0.717) is 16.7 Å². The van der Waals surface area contributed by atoms with E-state index < -0.39 is 11.7 Å². The van der Waals surface area contributed by atoms with Gasteiger partial charge in [0.15, 0.2) is 0 Å². The van der Waals surface area contributed by atoms with Gasteiger partial charge in [-0.2, -0.15) is 0 Å². The second kappa shape index (κ2) is 15.4. The highest BCUT2D eigenvalue weighted by Crippen LogP contribution is 2.26. The highest BCUT2D eigenvalue weighted by atomic mass is 19.1. The van der Waals surface area contributed by atoms with Gasteiger partial charge in [0.25, 0.3) is 11.8 Å². The summed E-state index contributed by atoms with van der Waals surface area (Å²) >= 11 is 0. The average molecular weight is 670 g/mol. The Morgan fingerprint density at radius 3 is 2.04 bits per heavy atom. The van der Waals surface area contributed by atoms with Crippen molar-refractivity contribution in [3.8, 4) is 22.3 Å². The van der Waals surface area contributed by atoms with Crippen molar-refractivity contribution >= 4 is 17.6 Å². The zero-order valence-corrected chi connectivity index (χ0v) is 27.8. The van der Waals surface area contributed by atoms with Crippen LogP contribution in [0.5, 0.6) is 0 Å². The summed E-state index contributed by atoms with van der Waals surface area (Å²) in [6.45, 7) is 4.12. The second-order valence-electron chi connectivity index (χ2n) is 13.0. The van der Waals surface area contributed by atoms with Gasteiger partial charge in [0.05, 0.1) is 5.56 Å². The molecule has 0 radical (unpaired) electrons. The van der Waals surface area contributed by atoms with Crippen molar-refractivity contribution in [1.29, 1.82) is 0 Å². The van der Waals surface area contributed by atoms with Gasteiger partial charge in [-0.15, -0.1) is 0 Å². The molecule has 0 spiro atoms. The van der Waals surface area contributed by atoms with Crippen LogP contribution in [0.1, 0.15) is 52.0 Å². The molecule has 2 amide bonds. The van der Waals surface area contributed by atoms with E-state index in [1.54, 1.807) is 49.1 Å². The molecule has 0 saturated carbocycles. The molecule has 0 aliphatic carbocycles. The first-order valence-corrected chi connectivity index (χ1v) is 17.2. The third-order valence-corrected chi connectivity index (χ3v) is 9.63. The lowest BCUT2D eigenvalue weighted by Gasteiger charge is -2.34. The van der Waals surface area contributed by atoms with Crippen LogP contribution >= 0.6 is 0 Å². The van der Waals surface area contributed by atoms with Crippen molar-refractivity contribution in [2.24, 2.45) is 0 Å². The van der Waals surface area contributed by atoms with E-state index >= 15 is 4.39 Å². The van der Waals surface area contributed by atoms with Gasteiger partial charge < -0.3 is 15.5 Å². The molecule has 9 nitrogen and oxygen atoms in total. The summed E-state index contributed by atoms with van der Waals surface area (Å²) < 4.78 is 15.3. The Morgan fingerprint density at radius 2 is 1.36 bits per heavy atom. The van der Waals surface area contributed by atoms with Crippen molar-refractivity contribution in [3.05, 3.63) is 132 Å². The molecule has 2 aliphatic heterocycles. The molecular weight excluding hydrogens is 629 g/mol. The third-order valence-electron chi connectivity index (χ3n) is 9.63. The van der Waals surface area contributed by atoms with Gasteiger partial charge in [-0.1, -0.05) is 42.5 Å². The van der Waals surface area contributed by atoms with Crippen LogP contribution in [0.15, 0.2) is 110 Å². The first kappa shape index (κ1) is 33.0. The number of aromatic nitrogens is 3. The molecule has 10 heteroatoms. The van der Waals surface area contributed by atoms with Crippen molar-refractivity contribution in [1.82, 2.24) is 30.5 Å². The van der Waals surface area contributed by atoms with Crippen LogP contribution in [0.3, 0.4) is 0 Å². The fourth-order valence-corrected chi connectivity index (χ4v) is 6.80. The maximum absolute atomic E-state index is 15.3. The molecule has 5 heterocycles. The number of piperidine rings is 2. The topological polar surface area (TPSA) is 103 Å². The smallest absolute Gasteiger partial charge is 0.254 e. The molecule has 0 bridgehead atoms. The van der Waals surface area contributed by atoms with Crippen LogP contribution in [0.25, 0.3) is 22.3 Å². The second-order valence-corrected chi connectivity index (χ2v) is 13.0. The third kappa shape index (κ3) is 7.87. The Balaban J connectivity index is 0.851. The lowest BCUT2D eigenvalue weighted by molar-refractivity contribution is 0.0905. The standard InChI is InChI=1S/C40H40FN7O2/c41-38-35(32-8-4-18-43-26-32)9-2-10-36(38)40(50)46-34-15-21-48(22-16-34)37-12-11-28(24-44-37)27-47-19-13-33(14-20-47)45-39(49)30-6-1-5-29(23-30)31-7-3-17-42-25-31/h1-12,17-18,23-26,33-34H,13-16,19-22,27H2,(H,45,49)(H,46,50). The Morgan fingerprint density at radius 1 is 0.700 bits per heavy atom. The summed E-state index contributed by atoms with van der Waals surface area (Å²) in [6, 6.07) is 24.3. The molecule has 2 aromatic carbocycles. The van der Waals surface area contributed by atoms with E-state index in [-0.39, 0.29) is 23.6 Å². The van der Waals surface area contributed by atoms with Gasteiger partial charge in [-0.3, -0.25) is 24.5 Å². The highest BCUT2D eigenvalue weighted by molar-refractivity contribution is 5.96. The van der Waals surface area contributed by atoms with E-state index in [4.69, 9.17) is 4.98 Å². The van der Waals surface area contributed by atoms with E-state index in [0.717, 1.165) is 80.9 Å². The number of carbonyl (C=O) groups excluding carboxylic acids is 2. The minimum atomic E-state index is -0.532. The summed E-state index contributed by atoms with van der Waals surface area (Å²) in [5.74, 6) is -0.0502. The molecule has 3 aromatic heterocycles. The molecule has 7 rings (SSSR count). The number of carbonyl (C=O) groups is 2. The van der Waals surface area contributed by atoms with E-state index in [1.807, 2.05) is 42.6 Å². The SMILES string of the molecule is O=C(NC1CCN(Cc2ccc(N3CCC(NC(=O)c4cccc(-c5cccnc5)c4F)CC3)nc2)CC1)c1cccc(-c2cccnc2)c1. The molecule has 2 N–H and O–H groups in total. The first-order chi connectivity index (χ1) is 24.5. The first-order valence-electron chi connectivity index (χ1n) is 17.2. The van der Waals surface area contributed by atoms with E-state index in [1.165, 1.54) is 6.07 Å². The molecule has 254 valence electrons. The number of pyridine rings is 3. The molecule has 50 heavy (non-hydrogen) atoms. The van der Waals surface area contributed by atoms with Crippen LogP contribution in [0, 0.1) is 5.82 Å². The van der Waals surface area contributed by atoms with Crippen LogP contribution in [0.2, 0.25) is 0 Å². The molecule has 2 aliphatic rings. The summed E-state index contributed by atoms with van der Waals surface area (Å²) in [5.41, 5.74) is 4.82. The molecule has 2 fully saturated rings. The Kier molecular flexibility index (Phi) is 10.2. The number of benzene rings is 2. The number of hydrogen-bond donors (Lipinski definition) is 2. The number of likely N-dealkylation sites (tertiary alicyclic amines) is 1. The lowest BCUT2D eigenvalue weighted by Crippen LogP contribution is -2.45. The van der Waals surface area contributed by atoms with Gasteiger partial charge in [-0.05, 0) is 73.2 Å². The van der Waals surface area contributed by atoms with Crippen molar-refractivity contribution in [3.63, 3.8) is 0 Å². The Hall–Kier alpha value is -5.48. The molecule has 2 saturated heterocycles. The summed E-state index contributed by atoms with van der Waals surface area (Å²) in [6.07, 6.45) is 12.0. The summed E-state index contributed by atoms with van der Waals surface area (Å²) in [4.78, 5) is 43.7.